The Kier molecular flexibility index (Phi) is 5.35. The quantitative estimate of drug-likeness (QED) is 0.303. The molecule has 156 valence electrons. The van der Waals surface area contributed by atoms with Gasteiger partial charge in [-0.05, 0) is 34.4 Å². The minimum absolute atomic E-state index is 0.0753. The molecule has 1 aliphatic carbocycles. The van der Waals surface area contributed by atoms with E-state index >= 15 is 0 Å². The molecule has 2 aromatic carbocycles. The average Bonchev–Trinajstić information content (AvgIpc) is 3.53. The number of hydrogen-bond acceptors (Lipinski definition) is 7. The first kappa shape index (κ1) is 21.1. The minimum Gasteiger partial charge on any atom is -0.226 e. The molecule has 5 rings (SSSR count). The highest BCUT2D eigenvalue weighted by Crippen LogP contribution is 2.49. The van der Waals surface area contributed by atoms with Crippen LogP contribution in [0.15, 0.2) is 77.4 Å². The van der Waals surface area contributed by atoms with E-state index in [1.165, 1.54) is 11.3 Å². The second-order valence-corrected chi connectivity index (χ2v) is 9.34. The average molecular weight is 470 g/mol. The molecular formula is C27H11N5S2. The molecule has 1 aliphatic rings. The highest BCUT2D eigenvalue weighted by Gasteiger charge is 2.32. The smallest absolute Gasteiger partial charge is 0.138 e. The van der Waals surface area contributed by atoms with Gasteiger partial charge in [-0.15, -0.1) is 22.7 Å². The van der Waals surface area contributed by atoms with Gasteiger partial charge in [0, 0.05) is 16.0 Å². The number of allylic oxidation sites excluding steroid dienone is 5. The van der Waals surface area contributed by atoms with Gasteiger partial charge < -0.3 is 0 Å². The first-order valence-electron chi connectivity index (χ1n) is 10.1. The molecule has 0 radical (unpaired) electrons. The van der Waals surface area contributed by atoms with Crippen molar-refractivity contribution < 1.29 is 0 Å². The lowest BCUT2D eigenvalue weighted by molar-refractivity contribution is 1.45. The number of thiophene rings is 1. The number of benzene rings is 2. The summed E-state index contributed by atoms with van der Waals surface area (Å²) in [5.41, 5.74) is 3.59. The van der Waals surface area contributed by atoms with Crippen LogP contribution in [0.2, 0.25) is 0 Å². The fraction of sp³-hybridized carbons (Fsp3) is 0. The molecule has 0 saturated carbocycles. The van der Waals surface area contributed by atoms with Gasteiger partial charge >= 0.3 is 0 Å². The standard InChI is InChI=1S/C27H11N5S2/c28-12-17(13-29)25-19-8-4-5-9-20(19)26(18(14-30)15-31)21(25)10-24-32-27-23(33-24)11-22(34-27)16-6-2-1-3-7-16/h1-11H. The highest BCUT2D eigenvalue weighted by atomic mass is 32.1. The summed E-state index contributed by atoms with van der Waals surface area (Å²) in [6.07, 6.45) is 1.77. The summed E-state index contributed by atoms with van der Waals surface area (Å²) in [6, 6.07) is 27.2. The Hall–Kier alpha value is -4.79. The van der Waals surface area contributed by atoms with E-state index in [0.717, 1.165) is 20.0 Å². The summed E-state index contributed by atoms with van der Waals surface area (Å²) in [5, 5.41) is 39.2. The van der Waals surface area contributed by atoms with E-state index in [0.29, 0.717) is 32.9 Å². The van der Waals surface area contributed by atoms with Gasteiger partial charge in [-0.2, -0.15) is 21.0 Å². The molecule has 0 N–H and O–H groups in total. The molecule has 34 heavy (non-hydrogen) atoms. The van der Waals surface area contributed by atoms with E-state index in [1.807, 2.05) is 42.5 Å². The molecule has 0 amide bonds. The van der Waals surface area contributed by atoms with Crippen LogP contribution in [0.4, 0.5) is 0 Å². The number of rotatable bonds is 2. The Labute approximate surface area is 203 Å². The van der Waals surface area contributed by atoms with E-state index in [4.69, 9.17) is 4.98 Å². The van der Waals surface area contributed by atoms with Gasteiger partial charge in [0.25, 0.3) is 0 Å². The summed E-state index contributed by atoms with van der Waals surface area (Å²) in [6.45, 7) is 0. The van der Waals surface area contributed by atoms with Crippen molar-refractivity contribution in [1.82, 2.24) is 4.98 Å². The van der Waals surface area contributed by atoms with Gasteiger partial charge in [0.1, 0.15) is 45.3 Å². The highest BCUT2D eigenvalue weighted by molar-refractivity contribution is 7.29. The minimum atomic E-state index is -0.0753. The van der Waals surface area contributed by atoms with Crippen molar-refractivity contribution in [2.75, 3.05) is 0 Å². The van der Waals surface area contributed by atoms with Crippen LogP contribution in [0.25, 0.3) is 37.2 Å². The first-order valence-corrected chi connectivity index (χ1v) is 11.7. The number of nitrogens with zero attached hydrogens (tertiary/aromatic N) is 5. The van der Waals surface area contributed by atoms with Crippen molar-refractivity contribution in [3.05, 3.63) is 93.5 Å². The van der Waals surface area contributed by atoms with Crippen LogP contribution in [0.3, 0.4) is 0 Å². The van der Waals surface area contributed by atoms with E-state index in [2.05, 4.69) is 18.2 Å². The molecule has 0 aliphatic heterocycles. The van der Waals surface area contributed by atoms with Crippen molar-refractivity contribution in [3.8, 4) is 34.7 Å². The van der Waals surface area contributed by atoms with Crippen molar-refractivity contribution in [2.45, 2.75) is 0 Å². The number of aromatic nitrogens is 1. The second kappa shape index (κ2) is 8.62. The Morgan fingerprint density at radius 2 is 1.29 bits per heavy atom. The van der Waals surface area contributed by atoms with Crippen LogP contribution in [-0.2, 0) is 0 Å². The van der Waals surface area contributed by atoms with Crippen LogP contribution in [-0.4, -0.2) is 4.98 Å². The fourth-order valence-electron chi connectivity index (χ4n) is 3.97. The molecule has 7 heteroatoms. The maximum atomic E-state index is 9.64. The molecule has 2 heterocycles. The zero-order chi connectivity index (χ0) is 23.7. The third kappa shape index (κ3) is 3.39. The van der Waals surface area contributed by atoms with Crippen molar-refractivity contribution in [2.24, 2.45) is 0 Å². The van der Waals surface area contributed by atoms with Crippen molar-refractivity contribution >= 4 is 49.4 Å². The third-order valence-corrected chi connectivity index (χ3v) is 7.54. The second-order valence-electron chi connectivity index (χ2n) is 7.25. The Morgan fingerprint density at radius 3 is 1.82 bits per heavy atom. The Morgan fingerprint density at radius 1 is 0.735 bits per heavy atom. The topological polar surface area (TPSA) is 108 Å². The van der Waals surface area contributed by atoms with Crippen LogP contribution in [0.5, 0.6) is 0 Å². The third-order valence-electron chi connectivity index (χ3n) is 5.38. The number of nitriles is 4. The van der Waals surface area contributed by atoms with Crippen molar-refractivity contribution in [1.29, 1.82) is 21.0 Å². The summed E-state index contributed by atoms with van der Waals surface area (Å²) >= 11 is 3.07. The monoisotopic (exact) mass is 469 g/mol. The lowest BCUT2D eigenvalue weighted by atomic mass is 9.96. The van der Waals surface area contributed by atoms with Crippen LogP contribution in [0.1, 0.15) is 16.1 Å². The molecular weight excluding hydrogens is 458 g/mol. The lowest BCUT2D eigenvalue weighted by Gasteiger charge is -2.04. The maximum absolute atomic E-state index is 9.64. The largest absolute Gasteiger partial charge is 0.226 e. The van der Waals surface area contributed by atoms with Gasteiger partial charge in [0.2, 0.25) is 0 Å². The fourth-order valence-corrected chi connectivity index (χ4v) is 6.15. The molecule has 0 spiro atoms. The summed E-state index contributed by atoms with van der Waals surface area (Å²) < 4.78 is 1.02. The van der Waals surface area contributed by atoms with Gasteiger partial charge in [0.05, 0.1) is 4.70 Å². The van der Waals surface area contributed by atoms with Gasteiger partial charge in [-0.1, -0.05) is 54.6 Å². The molecule has 0 unspecified atom stereocenters. The zero-order valence-electron chi connectivity index (χ0n) is 17.4. The normalized spacial score (nSPS) is 11.8. The molecule has 0 saturated heterocycles. The molecule has 0 fully saturated rings. The predicted octanol–water partition coefficient (Wildman–Crippen LogP) is 6.72. The predicted molar refractivity (Wildman–Crippen MR) is 134 cm³/mol. The van der Waals surface area contributed by atoms with E-state index in [9.17, 15) is 21.0 Å². The Bertz CT molecular complexity index is 1600. The number of thiazole rings is 1. The van der Waals surface area contributed by atoms with Crippen LogP contribution >= 0.6 is 22.7 Å². The summed E-state index contributed by atoms with van der Waals surface area (Å²) in [7, 11) is 0. The summed E-state index contributed by atoms with van der Waals surface area (Å²) in [4.78, 5) is 6.76. The van der Waals surface area contributed by atoms with Crippen LogP contribution in [0, 0.1) is 45.3 Å². The van der Waals surface area contributed by atoms with Crippen molar-refractivity contribution in [3.63, 3.8) is 0 Å². The lowest BCUT2D eigenvalue weighted by Crippen LogP contribution is -1.89. The van der Waals surface area contributed by atoms with E-state index in [1.54, 1.807) is 41.7 Å². The molecule has 2 aromatic heterocycles. The zero-order valence-corrected chi connectivity index (χ0v) is 19.0. The number of hydrogen-bond donors (Lipinski definition) is 0. The molecule has 0 bridgehead atoms. The Balaban J connectivity index is 1.73. The van der Waals surface area contributed by atoms with Gasteiger partial charge in [-0.3, -0.25) is 0 Å². The SMILES string of the molecule is N#CC(C#N)=C1C(=Cc2nc3sc(-c4ccccc4)cc3s2)C(=C(C#N)C#N)c2ccccc21. The van der Waals surface area contributed by atoms with Gasteiger partial charge in [-0.25, -0.2) is 4.98 Å². The van der Waals surface area contributed by atoms with E-state index in [-0.39, 0.29) is 11.1 Å². The number of fused-ring (bicyclic) bond motifs is 2. The first-order chi connectivity index (χ1) is 16.7. The molecule has 4 aromatic rings. The van der Waals surface area contributed by atoms with Gasteiger partial charge in [0.15, 0.2) is 0 Å². The van der Waals surface area contributed by atoms with Crippen LogP contribution < -0.4 is 0 Å². The molecule has 5 nitrogen and oxygen atoms in total. The van der Waals surface area contributed by atoms with E-state index < -0.39 is 0 Å². The molecule has 0 atom stereocenters. The maximum Gasteiger partial charge on any atom is 0.138 e. The summed E-state index contributed by atoms with van der Waals surface area (Å²) in [5.74, 6) is 0.